The first-order valence-electron chi connectivity index (χ1n) is 8.80. The quantitative estimate of drug-likeness (QED) is 0.527. The molecular weight excluding hydrogens is 306 g/mol. The summed E-state index contributed by atoms with van der Waals surface area (Å²) >= 11 is 0. The van der Waals surface area contributed by atoms with Crippen molar-refractivity contribution in [2.75, 3.05) is 18.5 Å². The Kier molecular flexibility index (Phi) is 6.64. The lowest BCUT2D eigenvalue weighted by molar-refractivity contribution is -0.137. The fraction of sp³-hybridized carbons (Fsp3) is 0.579. The number of unbranched alkanes of at least 4 members (excludes halogenated alkanes) is 3. The number of fused-ring (bicyclic) bond motifs is 1. The summed E-state index contributed by atoms with van der Waals surface area (Å²) in [5, 5.41) is 12.4. The van der Waals surface area contributed by atoms with E-state index in [-0.39, 0.29) is 12.2 Å². The maximum atomic E-state index is 13.0. The van der Waals surface area contributed by atoms with Crippen molar-refractivity contribution in [1.82, 2.24) is 0 Å². The number of benzene rings is 1. The Bertz CT molecular complexity index is 597. The van der Waals surface area contributed by atoms with Gasteiger partial charge in [-0.1, -0.05) is 32.6 Å². The van der Waals surface area contributed by atoms with Gasteiger partial charge < -0.3 is 15.2 Å². The van der Waals surface area contributed by atoms with Crippen LogP contribution in [0.5, 0.6) is 5.75 Å². The van der Waals surface area contributed by atoms with Crippen LogP contribution in [-0.2, 0) is 4.79 Å². The first-order chi connectivity index (χ1) is 11.5. The van der Waals surface area contributed by atoms with Gasteiger partial charge in [-0.3, -0.25) is 9.59 Å². The Morgan fingerprint density at radius 1 is 1.29 bits per heavy atom. The molecule has 5 heteroatoms. The third-order valence-corrected chi connectivity index (χ3v) is 4.36. The molecule has 0 saturated heterocycles. The van der Waals surface area contributed by atoms with Crippen LogP contribution in [0.1, 0.15) is 61.4 Å². The number of carboxylic acid groups (broad SMARTS) is 1. The Labute approximate surface area is 143 Å². The lowest BCUT2D eigenvalue weighted by Crippen LogP contribution is -2.24. The first-order valence-corrected chi connectivity index (χ1v) is 8.80. The number of carbonyl (C=O) groups is 2. The summed E-state index contributed by atoms with van der Waals surface area (Å²) in [5.74, 6) is -0.960. The number of hydrogen-bond donors (Lipinski definition) is 2. The minimum Gasteiger partial charge on any atom is -0.489 e. The molecule has 0 saturated carbocycles. The molecule has 1 aromatic carbocycles. The van der Waals surface area contributed by atoms with E-state index in [2.05, 4.69) is 12.2 Å². The van der Waals surface area contributed by atoms with Crippen molar-refractivity contribution >= 4 is 17.4 Å². The number of ketones is 1. The van der Waals surface area contributed by atoms with Gasteiger partial charge in [-0.2, -0.15) is 0 Å². The van der Waals surface area contributed by atoms with Crippen molar-refractivity contribution in [2.45, 2.75) is 52.4 Å². The van der Waals surface area contributed by atoms with Gasteiger partial charge in [0.15, 0.2) is 11.5 Å². The molecule has 1 unspecified atom stereocenters. The molecule has 1 aliphatic rings. The van der Waals surface area contributed by atoms with E-state index < -0.39 is 11.9 Å². The maximum Gasteiger partial charge on any atom is 0.304 e. The SMILES string of the molecule is CCCCCCC(CC(=O)O)C(=O)c1cc(C)cc2c1OCCN2. The number of anilines is 1. The average Bonchev–Trinajstić information content (AvgIpc) is 2.55. The Hall–Kier alpha value is -2.04. The molecule has 0 spiro atoms. The fourth-order valence-corrected chi connectivity index (χ4v) is 3.16. The van der Waals surface area contributed by atoms with Crippen LogP contribution in [0.4, 0.5) is 5.69 Å². The Morgan fingerprint density at radius 3 is 2.79 bits per heavy atom. The van der Waals surface area contributed by atoms with Crippen molar-refractivity contribution in [3.8, 4) is 5.75 Å². The molecule has 1 heterocycles. The molecule has 132 valence electrons. The molecule has 0 amide bonds. The van der Waals surface area contributed by atoms with E-state index in [0.717, 1.165) is 36.9 Å². The van der Waals surface area contributed by atoms with Gasteiger partial charge in [0, 0.05) is 12.5 Å². The van der Waals surface area contributed by atoms with Crippen LogP contribution in [0.15, 0.2) is 12.1 Å². The van der Waals surface area contributed by atoms with Crippen LogP contribution in [0.2, 0.25) is 0 Å². The molecule has 2 N–H and O–H groups in total. The highest BCUT2D eigenvalue weighted by molar-refractivity contribution is 6.03. The van der Waals surface area contributed by atoms with Crippen LogP contribution >= 0.6 is 0 Å². The molecule has 5 nitrogen and oxygen atoms in total. The van der Waals surface area contributed by atoms with E-state index in [9.17, 15) is 14.7 Å². The molecule has 1 atom stereocenters. The van der Waals surface area contributed by atoms with E-state index in [1.165, 1.54) is 0 Å². The molecule has 0 fully saturated rings. The minimum absolute atomic E-state index is 0.113. The number of carboxylic acids is 1. The predicted molar refractivity (Wildman–Crippen MR) is 94.0 cm³/mol. The van der Waals surface area contributed by atoms with Crippen molar-refractivity contribution < 1.29 is 19.4 Å². The largest absolute Gasteiger partial charge is 0.489 e. The molecule has 0 bridgehead atoms. The van der Waals surface area contributed by atoms with E-state index >= 15 is 0 Å². The van der Waals surface area contributed by atoms with Gasteiger partial charge in [-0.15, -0.1) is 0 Å². The monoisotopic (exact) mass is 333 g/mol. The predicted octanol–water partition coefficient (Wildman–Crippen LogP) is 4.04. The molecule has 0 radical (unpaired) electrons. The number of carbonyl (C=O) groups excluding carboxylic acids is 1. The second kappa shape index (κ2) is 8.71. The van der Waals surface area contributed by atoms with Gasteiger partial charge >= 0.3 is 5.97 Å². The van der Waals surface area contributed by atoms with Gasteiger partial charge in [0.1, 0.15) is 6.61 Å². The van der Waals surface area contributed by atoms with Crippen LogP contribution in [-0.4, -0.2) is 30.0 Å². The highest BCUT2D eigenvalue weighted by atomic mass is 16.5. The van der Waals surface area contributed by atoms with E-state index in [4.69, 9.17) is 4.74 Å². The summed E-state index contributed by atoms with van der Waals surface area (Å²) in [7, 11) is 0. The topological polar surface area (TPSA) is 75.6 Å². The molecule has 0 aromatic heterocycles. The summed E-state index contributed by atoms with van der Waals surface area (Å²) in [6.45, 7) is 5.28. The summed E-state index contributed by atoms with van der Waals surface area (Å²) in [4.78, 5) is 24.2. The highest BCUT2D eigenvalue weighted by Gasteiger charge is 2.27. The molecule has 0 aliphatic carbocycles. The van der Waals surface area contributed by atoms with E-state index in [1.54, 1.807) is 0 Å². The third-order valence-electron chi connectivity index (χ3n) is 4.36. The summed E-state index contributed by atoms with van der Waals surface area (Å²) in [6, 6.07) is 3.77. The second-order valence-corrected chi connectivity index (χ2v) is 6.47. The van der Waals surface area contributed by atoms with Crippen molar-refractivity contribution in [3.05, 3.63) is 23.3 Å². The van der Waals surface area contributed by atoms with Crippen LogP contribution in [0, 0.1) is 12.8 Å². The van der Waals surface area contributed by atoms with Crippen molar-refractivity contribution in [3.63, 3.8) is 0 Å². The standard InChI is InChI=1S/C19H27NO4/c1-3-4-5-6-7-14(12-17(21)22)18(23)15-10-13(2)11-16-19(15)24-9-8-20-16/h10-11,14,20H,3-9,12H2,1-2H3,(H,21,22). The van der Waals surface area contributed by atoms with Gasteiger partial charge in [0.2, 0.25) is 0 Å². The van der Waals surface area contributed by atoms with Gasteiger partial charge in [-0.25, -0.2) is 0 Å². The van der Waals surface area contributed by atoms with Gasteiger partial charge in [0.05, 0.1) is 17.7 Å². The molecule has 2 rings (SSSR count). The second-order valence-electron chi connectivity index (χ2n) is 6.47. The third kappa shape index (κ3) is 4.73. The number of rotatable bonds is 9. The zero-order chi connectivity index (χ0) is 17.5. The smallest absolute Gasteiger partial charge is 0.304 e. The summed E-state index contributed by atoms with van der Waals surface area (Å²) in [6.07, 6.45) is 4.63. The average molecular weight is 333 g/mol. The lowest BCUT2D eigenvalue weighted by atomic mass is 9.88. The number of aryl methyl sites for hydroxylation is 1. The molecular formula is C19H27NO4. The van der Waals surface area contributed by atoms with Crippen LogP contribution < -0.4 is 10.1 Å². The number of hydrogen-bond acceptors (Lipinski definition) is 4. The minimum atomic E-state index is -0.926. The van der Waals surface area contributed by atoms with Gasteiger partial charge in [0.25, 0.3) is 0 Å². The van der Waals surface area contributed by atoms with Crippen molar-refractivity contribution in [2.24, 2.45) is 5.92 Å². The van der Waals surface area contributed by atoms with E-state index in [1.807, 2.05) is 19.1 Å². The number of Topliss-reactive ketones (excluding diaryl/α,β-unsaturated/α-hetero) is 1. The summed E-state index contributed by atoms with van der Waals surface area (Å²) in [5.41, 5.74) is 2.30. The van der Waals surface area contributed by atoms with E-state index in [0.29, 0.717) is 30.9 Å². The number of nitrogens with one attached hydrogen (secondary N) is 1. The normalized spacial score (nSPS) is 14.2. The fourth-order valence-electron chi connectivity index (χ4n) is 3.16. The molecule has 1 aromatic rings. The van der Waals surface area contributed by atoms with Gasteiger partial charge in [-0.05, 0) is 31.0 Å². The zero-order valence-corrected chi connectivity index (χ0v) is 14.6. The zero-order valence-electron chi connectivity index (χ0n) is 14.6. The van der Waals surface area contributed by atoms with Crippen LogP contribution in [0.25, 0.3) is 0 Å². The molecule has 1 aliphatic heterocycles. The Morgan fingerprint density at radius 2 is 2.08 bits per heavy atom. The highest BCUT2D eigenvalue weighted by Crippen LogP contribution is 2.35. The Balaban J connectivity index is 2.21. The lowest BCUT2D eigenvalue weighted by Gasteiger charge is -2.24. The maximum absolute atomic E-state index is 13.0. The summed E-state index contributed by atoms with van der Waals surface area (Å²) < 4.78 is 5.70. The number of ether oxygens (including phenoxy) is 1. The van der Waals surface area contributed by atoms with Crippen LogP contribution in [0.3, 0.4) is 0 Å². The first kappa shape index (κ1) is 18.3. The molecule has 24 heavy (non-hydrogen) atoms. The van der Waals surface area contributed by atoms with Crippen molar-refractivity contribution in [1.29, 1.82) is 0 Å². The number of aliphatic carboxylic acids is 1.